The van der Waals surface area contributed by atoms with Crippen LogP contribution in [0.3, 0.4) is 0 Å². The van der Waals surface area contributed by atoms with Gasteiger partial charge >= 0.3 is 0 Å². The topological polar surface area (TPSA) is 48.5 Å². The number of azo groups is 1. The van der Waals surface area contributed by atoms with Crippen molar-refractivity contribution in [3.63, 3.8) is 0 Å². The number of nitriles is 1. The van der Waals surface area contributed by atoms with Crippen LogP contribution in [-0.2, 0) is 0 Å². The quantitative estimate of drug-likeness (QED) is 0.523. The molecule has 3 heteroatoms. The number of hydrogen-bond donors (Lipinski definition) is 0. The molecule has 0 radical (unpaired) electrons. The van der Waals surface area contributed by atoms with Gasteiger partial charge in [0.2, 0.25) is 0 Å². The first-order valence-corrected chi connectivity index (χ1v) is 6.38. The molecule has 1 fully saturated rings. The van der Waals surface area contributed by atoms with Gasteiger partial charge in [0.1, 0.15) is 0 Å². The lowest BCUT2D eigenvalue weighted by atomic mass is 9.94. The second kappa shape index (κ2) is 5.98. The highest BCUT2D eigenvalue weighted by Gasteiger charge is 2.20. The molecule has 0 spiro atoms. The molecule has 0 amide bonds. The van der Waals surface area contributed by atoms with Crippen molar-refractivity contribution >= 4 is 0 Å². The zero-order valence-electron chi connectivity index (χ0n) is 10.7. The first-order chi connectivity index (χ1) is 7.55. The van der Waals surface area contributed by atoms with Crippen molar-refractivity contribution in [2.24, 2.45) is 16.1 Å². The van der Waals surface area contributed by atoms with Crippen LogP contribution in [0.1, 0.15) is 59.3 Å². The van der Waals surface area contributed by atoms with E-state index in [1.54, 1.807) is 13.8 Å². The monoisotopic (exact) mass is 221 g/mol. The fourth-order valence-electron chi connectivity index (χ4n) is 2.15. The Labute approximate surface area is 99.0 Å². The molecule has 0 bridgehead atoms. The minimum atomic E-state index is -0.668. The van der Waals surface area contributed by atoms with Crippen LogP contribution in [0.15, 0.2) is 10.2 Å². The van der Waals surface area contributed by atoms with Gasteiger partial charge in [-0.05, 0) is 39.5 Å². The molecule has 1 atom stereocenters. The molecule has 0 aromatic rings. The van der Waals surface area contributed by atoms with Crippen molar-refractivity contribution in [1.82, 2.24) is 0 Å². The third-order valence-electron chi connectivity index (χ3n) is 3.35. The Bertz CT molecular complexity index is 267. The fraction of sp³-hybridized carbons (Fsp3) is 0.923. The lowest BCUT2D eigenvalue weighted by Gasteiger charge is -2.18. The molecular formula is C13H23N3. The molecular weight excluding hydrogens is 198 g/mol. The molecule has 0 heterocycles. The molecule has 1 saturated carbocycles. The third kappa shape index (κ3) is 4.30. The molecule has 1 rings (SSSR count). The normalized spacial score (nSPS) is 21.6. The molecule has 16 heavy (non-hydrogen) atoms. The molecule has 0 saturated heterocycles. The van der Waals surface area contributed by atoms with Crippen LogP contribution in [-0.4, -0.2) is 11.6 Å². The summed E-state index contributed by atoms with van der Waals surface area (Å²) >= 11 is 0. The molecule has 1 aliphatic carbocycles. The summed E-state index contributed by atoms with van der Waals surface area (Å²) in [5.41, 5.74) is -0.668. The van der Waals surface area contributed by atoms with Crippen molar-refractivity contribution < 1.29 is 0 Å². The van der Waals surface area contributed by atoms with E-state index in [2.05, 4.69) is 23.2 Å². The molecule has 0 aromatic carbocycles. The second-order valence-corrected chi connectivity index (χ2v) is 5.38. The van der Waals surface area contributed by atoms with E-state index in [-0.39, 0.29) is 6.04 Å². The van der Waals surface area contributed by atoms with Gasteiger partial charge < -0.3 is 0 Å². The van der Waals surface area contributed by atoms with Crippen LogP contribution in [0.25, 0.3) is 0 Å². The van der Waals surface area contributed by atoms with Crippen molar-refractivity contribution in [1.29, 1.82) is 5.26 Å². The summed E-state index contributed by atoms with van der Waals surface area (Å²) in [5, 5.41) is 17.3. The van der Waals surface area contributed by atoms with E-state index in [9.17, 15) is 0 Å². The summed E-state index contributed by atoms with van der Waals surface area (Å²) in [7, 11) is 0. The smallest absolute Gasteiger partial charge is 0.161 e. The summed E-state index contributed by atoms with van der Waals surface area (Å²) in [4.78, 5) is 0. The van der Waals surface area contributed by atoms with Crippen LogP contribution in [0.5, 0.6) is 0 Å². The first-order valence-electron chi connectivity index (χ1n) is 6.38. The average Bonchev–Trinajstić information content (AvgIpc) is 2.54. The molecule has 0 aliphatic heterocycles. The van der Waals surface area contributed by atoms with Crippen LogP contribution >= 0.6 is 0 Å². The minimum absolute atomic E-state index is 0.269. The SMILES string of the molecule is CC(/N=N/C(C)(C)C#N)C1CCCCCC1. The maximum absolute atomic E-state index is 8.86. The van der Waals surface area contributed by atoms with E-state index in [1.165, 1.54) is 38.5 Å². The summed E-state index contributed by atoms with van der Waals surface area (Å²) in [6, 6.07) is 2.42. The van der Waals surface area contributed by atoms with Crippen LogP contribution in [0.2, 0.25) is 0 Å². The molecule has 1 aliphatic rings. The summed E-state index contributed by atoms with van der Waals surface area (Å²) in [5.74, 6) is 0.667. The Morgan fingerprint density at radius 2 is 1.75 bits per heavy atom. The highest BCUT2D eigenvalue weighted by Crippen LogP contribution is 2.27. The summed E-state index contributed by atoms with van der Waals surface area (Å²) in [6.45, 7) is 5.74. The third-order valence-corrected chi connectivity index (χ3v) is 3.35. The van der Waals surface area contributed by atoms with E-state index in [1.807, 2.05) is 0 Å². The van der Waals surface area contributed by atoms with Crippen LogP contribution < -0.4 is 0 Å². The Balaban J connectivity index is 2.50. The number of hydrogen-bond acceptors (Lipinski definition) is 3. The predicted molar refractivity (Wildman–Crippen MR) is 65.2 cm³/mol. The lowest BCUT2D eigenvalue weighted by molar-refractivity contribution is 0.376. The van der Waals surface area contributed by atoms with Crippen LogP contribution in [0.4, 0.5) is 0 Å². The maximum atomic E-state index is 8.86. The fourth-order valence-corrected chi connectivity index (χ4v) is 2.15. The van der Waals surface area contributed by atoms with Crippen LogP contribution in [0, 0.1) is 17.2 Å². The zero-order valence-corrected chi connectivity index (χ0v) is 10.7. The first kappa shape index (κ1) is 13.2. The van der Waals surface area contributed by atoms with Gasteiger partial charge in [-0.3, -0.25) is 0 Å². The highest BCUT2D eigenvalue weighted by molar-refractivity contribution is 4.99. The van der Waals surface area contributed by atoms with E-state index in [4.69, 9.17) is 5.26 Å². The molecule has 0 N–H and O–H groups in total. The van der Waals surface area contributed by atoms with Gasteiger partial charge in [-0.1, -0.05) is 25.7 Å². The Hall–Kier alpha value is -0.910. The van der Waals surface area contributed by atoms with Crippen molar-refractivity contribution in [3.05, 3.63) is 0 Å². The predicted octanol–water partition coefficient (Wildman–Crippen LogP) is 4.10. The van der Waals surface area contributed by atoms with E-state index in [0.717, 1.165) is 0 Å². The van der Waals surface area contributed by atoms with Gasteiger partial charge in [0.05, 0.1) is 12.1 Å². The van der Waals surface area contributed by atoms with Gasteiger partial charge in [-0.2, -0.15) is 15.5 Å². The highest BCUT2D eigenvalue weighted by atomic mass is 15.2. The van der Waals surface area contributed by atoms with Crippen molar-refractivity contribution in [3.8, 4) is 6.07 Å². The summed E-state index contributed by atoms with van der Waals surface area (Å²) in [6.07, 6.45) is 7.92. The van der Waals surface area contributed by atoms with E-state index in [0.29, 0.717) is 5.92 Å². The number of nitrogens with zero attached hydrogens (tertiary/aromatic N) is 3. The molecule has 3 nitrogen and oxygen atoms in total. The van der Waals surface area contributed by atoms with Gasteiger partial charge in [0.25, 0.3) is 0 Å². The minimum Gasteiger partial charge on any atom is -0.196 e. The Morgan fingerprint density at radius 1 is 1.19 bits per heavy atom. The van der Waals surface area contributed by atoms with E-state index < -0.39 is 5.54 Å². The van der Waals surface area contributed by atoms with Gasteiger partial charge in [0.15, 0.2) is 5.54 Å². The zero-order chi connectivity index (χ0) is 12.0. The van der Waals surface area contributed by atoms with Crippen molar-refractivity contribution in [2.45, 2.75) is 70.9 Å². The number of rotatable bonds is 3. The second-order valence-electron chi connectivity index (χ2n) is 5.38. The molecule has 1 unspecified atom stereocenters. The largest absolute Gasteiger partial charge is 0.196 e. The molecule has 0 aromatic heterocycles. The maximum Gasteiger partial charge on any atom is 0.161 e. The average molecular weight is 221 g/mol. The van der Waals surface area contributed by atoms with Gasteiger partial charge in [-0.25, -0.2) is 0 Å². The van der Waals surface area contributed by atoms with E-state index >= 15 is 0 Å². The van der Waals surface area contributed by atoms with Crippen molar-refractivity contribution in [2.75, 3.05) is 0 Å². The summed E-state index contributed by atoms with van der Waals surface area (Å²) < 4.78 is 0. The standard InChI is InChI=1S/C13H23N3/c1-11(15-16-13(2,3)10-14)12-8-6-4-5-7-9-12/h11-12H,4-9H2,1-3H3/b16-15+. The lowest BCUT2D eigenvalue weighted by Crippen LogP contribution is -2.17. The Kier molecular flexibility index (Phi) is 4.92. The van der Waals surface area contributed by atoms with Gasteiger partial charge in [0, 0.05) is 0 Å². The Morgan fingerprint density at radius 3 is 2.25 bits per heavy atom. The molecule has 90 valence electrons. The van der Waals surface area contributed by atoms with Gasteiger partial charge in [-0.15, -0.1) is 0 Å².